The molecule has 0 radical (unpaired) electrons. The molecule has 56 heteroatoms. The van der Waals surface area contributed by atoms with Crippen LogP contribution in [0.15, 0.2) is 0 Å². The molecule has 0 aromatic carbocycles. The average Bonchev–Trinajstić information content (AvgIpc) is 0.766. The number of aliphatic hydroxyl groups excluding tert-OH is 16. The van der Waals surface area contributed by atoms with Gasteiger partial charge in [0.05, 0.1) is 48.8 Å². The minimum Gasteiger partial charge on any atom is -0.550 e. The van der Waals surface area contributed by atoms with Crippen LogP contribution in [0.4, 0.5) is 0 Å². The van der Waals surface area contributed by atoms with Crippen LogP contribution in [-0.2, 0) is 114 Å². The molecule has 30 saturated heterocycles. The van der Waals surface area contributed by atoms with Gasteiger partial charge in [-0.05, 0) is 97.4 Å². The molecule has 736 valence electrons. The van der Waals surface area contributed by atoms with Crippen LogP contribution in [0.5, 0.6) is 0 Å². The third-order valence-corrected chi connectivity index (χ3v) is 29.8. The van der Waals surface area contributed by atoms with Gasteiger partial charge in [-0.1, -0.05) is 0 Å². The highest BCUT2D eigenvalue weighted by Crippen LogP contribution is 2.43. The molecule has 30 rings (SSSR count). The first-order valence-corrected chi connectivity index (χ1v) is 49.6. The van der Waals surface area contributed by atoms with Gasteiger partial charge in [0.15, 0.2) is 50.3 Å². The van der Waals surface area contributed by atoms with Crippen molar-refractivity contribution in [2.24, 2.45) is 0 Å². The van der Waals surface area contributed by atoms with Crippen molar-refractivity contribution < 1.29 is 237 Å². The van der Waals surface area contributed by atoms with E-state index in [0.717, 1.165) is 94.1 Å². The Hall–Kier alpha value is -2.72. The zero-order chi connectivity index (χ0) is 93.7. The first-order chi connectivity index (χ1) is 60.7. The molecule has 40 atom stereocenters. The largest absolute Gasteiger partial charge is 0.550 e. The summed E-state index contributed by atoms with van der Waals surface area (Å²) < 4.78 is 99.6. The fraction of sp³-hybridized carbons (Fsp3) is 0.889. The maximum Gasteiger partial charge on any atom is 0.187 e. The topological polar surface area (TPSA) is 792 Å². The van der Waals surface area contributed by atoms with Gasteiger partial charge in [-0.15, -0.1) is 0 Å². The lowest BCUT2D eigenvalue weighted by Crippen LogP contribution is -2.69. The number of hydrogen-bond acceptors (Lipinski definition) is 56. The molecule has 0 aromatic heterocycles. The first-order valence-electron chi connectivity index (χ1n) is 40.3. The van der Waals surface area contributed by atoms with Crippen LogP contribution in [0.2, 0.25) is 0 Å². The Morgan fingerprint density at radius 2 is 0.258 bits per heavy atom. The van der Waals surface area contributed by atoms with E-state index in [0.29, 0.717) is 0 Å². The van der Waals surface area contributed by atoms with Crippen molar-refractivity contribution in [3.63, 3.8) is 0 Å². The molecular formula is C72H104O48S8-8. The molecule has 16 bridgehead atoms. The van der Waals surface area contributed by atoms with Crippen molar-refractivity contribution in [1.82, 2.24) is 0 Å². The van der Waals surface area contributed by atoms with Gasteiger partial charge in [-0.3, -0.25) is 0 Å². The Labute approximate surface area is 763 Å². The molecule has 0 spiro atoms. The van der Waals surface area contributed by atoms with Gasteiger partial charge in [-0.25, -0.2) is 0 Å². The molecule has 30 aliphatic rings. The van der Waals surface area contributed by atoms with E-state index in [-0.39, 0.29) is 46.0 Å². The molecule has 16 N–H and O–H groups in total. The van der Waals surface area contributed by atoms with E-state index >= 15 is 0 Å². The summed E-state index contributed by atoms with van der Waals surface area (Å²) in [7, 11) is 0. The van der Waals surface area contributed by atoms with E-state index in [1.54, 1.807) is 0 Å². The van der Waals surface area contributed by atoms with Crippen LogP contribution in [0.25, 0.3) is 0 Å². The van der Waals surface area contributed by atoms with Gasteiger partial charge >= 0.3 is 0 Å². The van der Waals surface area contributed by atoms with Gasteiger partial charge in [0.25, 0.3) is 0 Å². The Balaban J connectivity index is 1.12. The van der Waals surface area contributed by atoms with Crippen LogP contribution >= 0.6 is 94.1 Å². The highest BCUT2D eigenvalue weighted by Gasteiger charge is 2.61. The van der Waals surface area contributed by atoms with Gasteiger partial charge < -0.3 is 237 Å². The summed E-state index contributed by atoms with van der Waals surface area (Å²) >= 11 is 6.55. The summed E-state index contributed by atoms with van der Waals surface area (Å²) in [6, 6.07) is 0. The first kappa shape index (κ1) is 109. The van der Waals surface area contributed by atoms with Gasteiger partial charge in [0, 0.05) is 93.8 Å². The SMILES string of the molecule is O=C([O-])CCSC[C@H]1O[C@H]2O[C@H]3[C@H](O)[C@@H](O)[C@H](O[C@H]4[C@H](O)[C@@H](O)[C@@H](O[C@H]5[C@H](O)[C@@H](O)[C@@H](O[C@H]6[C@H](O)[C@@H](O)[C@@H](O[C@H]7[C@H](O)[C@@H](O)[C@H](O[C@H]8[C@H](O)[C@@H](O)[C@@H](O[C@H]9[C@H](O)[C@@H](O)[C@H](O[C@H]1[C@H](O)[C@H]2O)O[C@@H]9CSCCC(=O)[O-])O[C@@H]8CSCCC(=O)[O-])O[C@@H]7CSCCC(=O)[O-])O[C@@H]6CSCCC(=O)[O-])O[C@@H]5CSCCC(=O)[O-])O[C@@H]4CSCCC(=O)[O-])O[C@@H]3CSCCC(=O)[O-]. The summed E-state index contributed by atoms with van der Waals surface area (Å²) in [4.78, 5) is 93.3. The molecule has 0 aliphatic carbocycles. The number of rotatable bonds is 40. The van der Waals surface area contributed by atoms with E-state index in [1.165, 1.54) is 0 Å². The Morgan fingerprint density at radius 1 is 0.164 bits per heavy atom. The number of carbonyl (C=O) groups excluding carboxylic acids is 8. The molecule has 0 amide bonds. The van der Waals surface area contributed by atoms with Crippen molar-refractivity contribution in [2.75, 3.05) is 92.0 Å². The average molecular weight is 1990 g/mol. The van der Waals surface area contributed by atoms with Gasteiger partial charge in [0.1, 0.15) is 146 Å². The van der Waals surface area contributed by atoms with E-state index < -0.39 is 391 Å². The molecule has 0 unspecified atom stereocenters. The second-order valence-electron chi connectivity index (χ2n) is 30.6. The molecule has 30 heterocycles. The standard InChI is InChI=1S/C72H112O48S8/c73-33(74)1-9-121-17-25-57-41(89)49(97)65(105-25)114-58-26(18-122-10-2-34(75)76)107-67(51(99)43(58)91)116-60-28(20-124-12-4-36(79)80)109-69(53(101)45(60)93)118-62-30(22-126-14-6-38(83)84)111-71(55(103)47(62)95)120-64-32(24-128-16-8-40(87)88)112-72(56(104)48(64)96)119-63-31(23-127-15-7-39(85)86)110-70(54(102)46(63)94)117-61-29(21-125-13-5-37(81)82)108-68(52(100)44(61)92)115-59-27(19-123-11-3-35(77)78)106-66(113-57)50(98)42(59)90/h25-32,41-72,89-104H,1-24H2,(H,73,74)(H,75,76)(H,77,78)(H,79,80)(H,81,82)(H,83,84)(H,85,86)(H,87,88)/p-8/t25-,26-,27-,28-,29-,30-,31-,32-,41-,42-,43-,44-,45-,46-,47-,48-,49-,50-,51-,52-,53-,54-,55-,56-,57-,58-,59-,60-,61-,62-,63-,64-,65-,66-,67-,68+,69+,70+,71-,72+/m1/s1. The summed E-state index contributed by atoms with van der Waals surface area (Å²) in [5.74, 6) is -17.6. The van der Waals surface area contributed by atoms with Gasteiger partial charge in [0.2, 0.25) is 0 Å². The predicted molar refractivity (Wildman–Crippen MR) is 420 cm³/mol. The quantitative estimate of drug-likeness (QED) is 0.0253. The smallest absolute Gasteiger partial charge is 0.187 e. The van der Waals surface area contributed by atoms with E-state index in [1.807, 2.05) is 0 Å². The number of carboxylic acid groups (broad SMARTS) is 8. The molecule has 0 saturated carbocycles. The van der Waals surface area contributed by atoms with E-state index in [4.69, 9.17) is 75.8 Å². The predicted octanol–water partition coefficient (Wildman–Crippen LogP) is -18.4. The molecule has 30 aliphatic heterocycles. The van der Waals surface area contributed by atoms with Gasteiger partial charge in [-0.2, -0.15) is 94.1 Å². The second-order valence-corrected chi connectivity index (χ2v) is 39.8. The lowest BCUT2D eigenvalue weighted by atomic mass is 9.95. The monoisotopic (exact) mass is 1990 g/mol. The zero-order valence-electron chi connectivity index (χ0n) is 67.5. The number of aliphatic carboxylic acids is 8. The lowest BCUT2D eigenvalue weighted by molar-refractivity contribution is -0.396. The Morgan fingerprint density at radius 3 is 0.344 bits per heavy atom. The number of hydrogen-bond donors (Lipinski definition) is 16. The molecular weight excluding hydrogens is 1890 g/mol. The van der Waals surface area contributed by atoms with Crippen molar-refractivity contribution in [3.05, 3.63) is 0 Å². The minimum absolute atomic E-state index is 0.240. The Kier molecular flexibility index (Phi) is 44.9. The molecule has 0 aromatic rings. The minimum atomic E-state index is -2.36. The van der Waals surface area contributed by atoms with Crippen LogP contribution in [0, 0.1) is 0 Å². The summed E-state index contributed by atoms with van der Waals surface area (Å²) in [6.07, 6.45) is -88.6. The number of carboxylic acids is 8. The van der Waals surface area contributed by atoms with Crippen molar-refractivity contribution >= 4 is 142 Å². The zero-order valence-corrected chi connectivity index (χ0v) is 74.1. The maximum atomic E-state index is 12.2. The van der Waals surface area contributed by atoms with Crippen molar-refractivity contribution in [2.45, 2.75) is 297 Å². The number of carbonyl (C=O) groups is 8. The van der Waals surface area contributed by atoms with Crippen LogP contribution in [-0.4, -0.2) is 467 Å². The number of aliphatic hydroxyl groups is 16. The highest BCUT2D eigenvalue weighted by atomic mass is 32.2. The third-order valence-electron chi connectivity index (χ3n) is 21.3. The second kappa shape index (κ2) is 52.7. The van der Waals surface area contributed by atoms with Crippen LogP contribution in [0.3, 0.4) is 0 Å². The molecule has 48 nitrogen and oxygen atoms in total. The van der Waals surface area contributed by atoms with Crippen molar-refractivity contribution in [1.29, 1.82) is 0 Å². The lowest BCUT2D eigenvalue weighted by Gasteiger charge is -2.51. The fourth-order valence-electron chi connectivity index (χ4n) is 14.6. The number of ether oxygens (including phenoxy) is 16. The molecule has 128 heavy (non-hydrogen) atoms. The highest BCUT2D eigenvalue weighted by molar-refractivity contribution is 8.00. The summed E-state index contributed by atoms with van der Waals surface area (Å²) in [5, 5.41) is 288. The maximum absolute atomic E-state index is 12.2. The third kappa shape index (κ3) is 30.6. The summed E-state index contributed by atoms with van der Waals surface area (Å²) in [5.41, 5.74) is 0. The van der Waals surface area contributed by atoms with E-state index in [9.17, 15) is 161 Å². The summed E-state index contributed by atoms with van der Waals surface area (Å²) in [6.45, 7) is 0. The molecule has 30 fully saturated rings. The number of thioether (sulfide) groups is 8. The van der Waals surface area contributed by atoms with Crippen LogP contribution in [0.1, 0.15) is 51.4 Å². The normalized spacial score (nSPS) is 41.5. The van der Waals surface area contributed by atoms with Crippen LogP contribution < -0.4 is 40.9 Å². The fourth-order valence-corrected chi connectivity index (χ4v) is 22.5. The van der Waals surface area contributed by atoms with E-state index in [2.05, 4.69) is 0 Å². The Bertz CT molecular complexity index is 2830. The van der Waals surface area contributed by atoms with Crippen molar-refractivity contribution in [3.8, 4) is 0 Å².